The Balaban J connectivity index is 1.39. The maximum atomic E-state index is 13.5. The van der Waals surface area contributed by atoms with Gasteiger partial charge in [-0.1, -0.05) is 0 Å². The molecule has 3 aromatic rings. The summed E-state index contributed by atoms with van der Waals surface area (Å²) < 4.78 is 26.9. The fourth-order valence-electron chi connectivity index (χ4n) is 3.71. The molecule has 10 heteroatoms. The summed E-state index contributed by atoms with van der Waals surface area (Å²) in [5.74, 6) is -0.0695. The first-order valence-electron chi connectivity index (χ1n) is 9.57. The zero-order valence-corrected chi connectivity index (χ0v) is 16.7. The van der Waals surface area contributed by atoms with Gasteiger partial charge in [0.25, 0.3) is 5.91 Å². The highest BCUT2D eigenvalue weighted by Crippen LogP contribution is 2.33. The molecule has 0 radical (unpaired) electrons. The lowest BCUT2D eigenvalue weighted by molar-refractivity contribution is 0.0984. The third-order valence-corrected chi connectivity index (χ3v) is 6.42. The number of carbonyl (C=O) groups is 1. The van der Waals surface area contributed by atoms with E-state index in [0.29, 0.717) is 59.6 Å². The van der Waals surface area contributed by atoms with Crippen molar-refractivity contribution in [3.8, 4) is 10.7 Å². The molecule has 1 aromatic carbocycles. The Kier molecular flexibility index (Phi) is 4.58. The largest absolute Gasteiger partial charge is 0.396 e. The first kappa shape index (κ1) is 18.9. The molecule has 1 atom stereocenters. The standard InChI is InChI=1S/C20H18F2N6OS/c21-11-3-5-27(10-11)17-9-24-16(8-25-17)19-26-15-4-6-28(20(29)18(15)30-19)12-1-2-13(22)14(23)7-12/h1-2,7-9,11H,3-6,10,23H2/t11-/m0/s1. The van der Waals surface area contributed by atoms with Crippen LogP contribution in [0.3, 0.4) is 0 Å². The molecule has 2 aliphatic rings. The van der Waals surface area contributed by atoms with Crippen LogP contribution in [0.5, 0.6) is 0 Å². The first-order chi connectivity index (χ1) is 14.5. The van der Waals surface area contributed by atoms with Crippen LogP contribution in [0, 0.1) is 5.82 Å². The van der Waals surface area contributed by atoms with Gasteiger partial charge in [-0.3, -0.25) is 4.79 Å². The SMILES string of the molecule is Nc1cc(N2CCc3nc(-c4cnc(N5CC[C@H](F)C5)cn4)sc3C2=O)ccc1F. The summed E-state index contributed by atoms with van der Waals surface area (Å²) in [6, 6.07) is 4.26. The number of alkyl halides is 1. The number of aromatic nitrogens is 3. The van der Waals surface area contributed by atoms with Crippen molar-refractivity contribution in [1.29, 1.82) is 0 Å². The van der Waals surface area contributed by atoms with Gasteiger partial charge in [0.05, 0.1) is 30.3 Å². The van der Waals surface area contributed by atoms with Crippen molar-refractivity contribution in [3.05, 3.63) is 47.0 Å². The minimum atomic E-state index is -0.831. The number of hydrogen-bond acceptors (Lipinski definition) is 7. The summed E-state index contributed by atoms with van der Waals surface area (Å²) in [6.45, 7) is 1.39. The highest BCUT2D eigenvalue weighted by Gasteiger charge is 2.30. The van der Waals surface area contributed by atoms with Gasteiger partial charge in [0.15, 0.2) is 0 Å². The Morgan fingerprint density at radius 3 is 2.77 bits per heavy atom. The van der Waals surface area contributed by atoms with E-state index in [0.717, 1.165) is 5.69 Å². The number of carbonyl (C=O) groups excluding carboxylic acids is 1. The molecule has 2 N–H and O–H groups in total. The molecule has 1 saturated heterocycles. The van der Waals surface area contributed by atoms with E-state index in [9.17, 15) is 13.6 Å². The van der Waals surface area contributed by atoms with E-state index in [-0.39, 0.29) is 11.6 Å². The number of thiazole rings is 1. The highest BCUT2D eigenvalue weighted by atomic mass is 32.1. The van der Waals surface area contributed by atoms with Gasteiger partial charge in [0.1, 0.15) is 33.4 Å². The van der Waals surface area contributed by atoms with Crippen LogP contribution in [-0.4, -0.2) is 46.7 Å². The number of nitrogens with zero attached hydrogens (tertiary/aromatic N) is 5. The number of fused-ring (bicyclic) bond motifs is 1. The predicted octanol–water partition coefficient (Wildman–Crippen LogP) is 3.07. The minimum absolute atomic E-state index is 0.00328. The van der Waals surface area contributed by atoms with E-state index in [4.69, 9.17) is 5.73 Å². The Bertz CT molecular complexity index is 1120. The van der Waals surface area contributed by atoms with Crippen LogP contribution >= 0.6 is 11.3 Å². The van der Waals surface area contributed by atoms with E-state index in [1.165, 1.54) is 23.5 Å². The first-order valence-corrected chi connectivity index (χ1v) is 10.4. The molecule has 1 amide bonds. The molecule has 0 bridgehead atoms. The van der Waals surface area contributed by atoms with Gasteiger partial charge in [-0.05, 0) is 24.6 Å². The van der Waals surface area contributed by atoms with Crippen molar-refractivity contribution >= 4 is 34.4 Å². The van der Waals surface area contributed by atoms with Gasteiger partial charge in [0, 0.05) is 25.2 Å². The Labute approximate surface area is 175 Å². The Morgan fingerprint density at radius 2 is 2.07 bits per heavy atom. The molecular formula is C20H18F2N6OS. The smallest absolute Gasteiger partial charge is 0.270 e. The molecule has 2 aliphatic heterocycles. The van der Waals surface area contributed by atoms with Crippen molar-refractivity contribution < 1.29 is 13.6 Å². The maximum absolute atomic E-state index is 13.5. The summed E-state index contributed by atoms with van der Waals surface area (Å²) in [7, 11) is 0. The summed E-state index contributed by atoms with van der Waals surface area (Å²) in [4.78, 5) is 30.4. The van der Waals surface area contributed by atoms with Crippen molar-refractivity contribution in [2.45, 2.75) is 19.0 Å². The third-order valence-electron chi connectivity index (χ3n) is 5.31. The molecule has 0 saturated carbocycles. The monoisotopic (exact) mass is 428 g/mol. The quantitative estimate of drug-likeness (QED) is 0.645. The number of rotatable bonds is 3. The van der Waals surface area contributed by atoms with Gasteiger partial charge >= 0.3 is 0 Å². The summed E-state index contributed by atoms with van der Waals surface area (Å²) >= 11 is 1.26. The number of hydrogen-bond donors (Lipinski definition) is 1. The van der Waals surface area contributed by atoms with Crippen molar-refractivity contribution in [2.75, 3.05) is 35.2 Å². The third kappa shape index (κ3) is 3.26. The second-order valence-electron chi connectivity index (χ2n) is 7.30. The molecule has 0 aliphatic carbocycles. The molecule has 7 nitrogen and oxygen atoms in total. The molecule has 2 aromatic heterocycles. The van der Waals surface area contributed by atoms with E-state index < -0.39 is 12.0 Å². The van der Waals surface area contributed by atoms with Crippen LogP contribution in [0.15, 0.2) is 30.6 Å². The molecular weight excluding hydrogens is 410 g/mol. The molecule has 0 spiro atoms. The molecule has 5 rings (SSSR count). The summed E-state index contributed by atoms with van der Waals surface area (Å²) in [5.41, 5.74) is 7.50. The Morgan fingerprint density at radius 1 is 1.20 bits per heavy atom. The van der Waals surface area contributed by atoms with Gasteiger partial charge in [-0.25, -0.2) is 23.7 Å². The van der Waals surface area contributed by atoms with Crippen molar-refractivity contribution in [1.82, 2.24) is 15.0 Å². The minimum Gasteiger partial charge on any atom is -0.396 e. The van der Waals surface area contributed by atoms with Crippen LogP contribution in [0.1, 0.15) is 21.8 Å². The van der Waals surface area contributed by atoms with Crippen LogP contribution in [0.25, 0.3) is 10.7 Å². The molecule has 154 valence electrons. The van der Waals surface area contributed by atoms with Gasteiger partial charge < -0.3 is 15.5 Å². The lowest BCUT2D eigenvalue weighted by atomic mass is 10.1. The van der Waals surface area contributed by atoms with Crippen LogP contribution < -0.4 is 15.5 Å². The van der Waals surface area contributed by atoms with Gasteiger partial charge in [-0.15, -0.1) is 11.3 Å². The summed E-state index contributed by atoms with van der Waals surface area (Å²) in [5, 5.41) is 0.609. The molecule has 0 unspecified atom stereocenters. The second-order valence-corrected chi connectivity index (χ2v) is 8.30. The maximum Gasteiger partial charge on any atom is 0.270 e. The van der Waals surface area contributed by atoms with Gasteiger partial charge in [0.2, 0.25) is 0 Å². The number of halogens is 2. The lowest BCUT2D eigenvalue weighted by Gasteiger charge is -2.26. The average molecular weight is 428 g/mol. The van der Waals surface area contributed by atoms with Crippen LogP contribution in [-0.2, 0) is 6.42 Å². The zero-order chi connectivity index (χ0) is 20.8. The van der Waals surface area contributed by atoms with Crippen LogP contribution in [0.2, 0.25) is 0 Å². The zero-order valence-electron chi connectivity index (χ0n) is 15.9. The van der Waals surface area contributed by atoms with Crippen molar-refractivity contribution in [3.63, 3.8) is 0 Å². The number of benzene rings is 1. The number of nitrogen functional groups attached to an aromatic ring is 1. The van der Waals surface area contributed by atoms with Crippen molar-refractivity contribution in [2.24, 2.45) is 0 Å². The normalized spacial score (nSPS) is 18.7. The summed E-state index contributed by atoms with van der Waals surface area (Å²) in [6.07, 6.45) is 3.46. The highest BCUT2D eigenvalue weighted by molar-refractivity contribution is 7.17. The number of anilines is 3. The van der Waals surface area contributed by atoms with Crippen LogP contribution in [0.4, 0.5) is 26.0 Å². The van der Waals surface area contributed by atoms with E-state index in [2.05, 4.69) is 15.0 Å². The topological polar surface area (TPSA) is 88.2 Å². The second kappa shape index (κ2) is 7.28. The van der Waals surface area contributed by atoms with E-state index >= 15 is 0 Å². The predicted molar refractivity (Wildman–Crippen MR) is 111 cm³/mol. The molecule has 30 heavy (non-hydrogen) atoms. The lowest BCUT2D eigenvalue weighted by Crippen LogP contribution is -2.37. The molecule has 4 heterocycles. The Hall–Kier alpha value is -3.14. The number of nitrogens with two attached hydrogens (primary N) is 1. The fraction of sp³-hybridized carbons (Fsp3) is 0.300. The van der Waals surface area contributed by atoms with E-state index in [1.54, 1.807) is 23.4 Å². The fourth-order valence-corrected chi connectivity index (χ4v) is 4.73. The average Bonchev–Trinajstić information content (AvgIpc) is 3.38. The number of amides is 1. The molecule has 1 fully saturated rings. The van der Waals surface area contributed by atoms with Gasteiger partial charge in [-0.2, -0.15) is 0 Å². The van der Waals surface area contributed by atoms with E-state index in [1.807, 2.05) is 4.90 Å².